The summed E-state index contributed by atoms with van der Waals surface area (Å²) in [7, 11) is 1.98. The Labute approximate surface area is 98.5 Å². The van der Waals surface area contributed by atoms with Gasteiger partial charge in [-0.15, -0.1) is 0 Å². The molecule has 0 spiro atoms. The summed E-state index contributed by atoms with van der Waals surface area (Å²) >= 11 is 0. The number of allylic oxidation sites excluding steroid dienone is 1. The molecule has 0 atom stereocenters. The molecule has 0 aliphatic heterocycles. The molecule has 0 radical (unpaired) electrons. The number of hydrogen-bond donors (Lipinski definition) is 1. The first kappa shape index (κ1) is 13.0. The molecule has 1 rings (SSSR count). The number of nitrogens with zero attached hydrogens (tertiary/aromatic N) is 2. The van der Waals surface area contributed by atoms with Gasteiger partial charge in [0.25, 0.3) is 0 Å². The van der Waals surface area contributed by atoms with E-state index in [-0.39, 0.29) is 0 Å². The minimum absolute atomic E-state index is 0.724. The van der Waals surface area contributed by atoms with Crippen molar-refractivity contribution in [1.29, 1.82) is 0 Å². The molecule has 0 fully saturated rings. The third-order valence-corrected chi connectivity index (χ3v) is 2.55. The van der Waals surface area contributed by atoms with Crippen molar-refractivity contribution < 1.29 is 0 Å². The van der Waals surface area contributed by atoms with E-state index in [0.29, 0.717) is 0 Å². The lowest BCUT2D eigenvalue weighted by Gasteiger charge is -2.06. The van der Waals surface area contributed by atoms with Crippen molar-refractivity contribution in [3.63, 3.8) is 0 Å². The fraction of sp³-hybridized carbons (Fsp3) is 0.615. The summed E-state index contributed by atoms with van der Waals surface area (Å²) < 4.78 is 1.91. The van der Waals surface area contributed by atoms with Gasteiger partial charge in [0.15, 0.2) is 0 Å². The second kappa shape index (κ2) is 6.48. The largest absolute Gasteiger partial charge is 0.316 e. The van der Waals surface area contributed by atoms with E-state index in [2.05, 4.69) is 37.3 Å². The van der Waals surface area contributed by atoms with Crippen LogP contribution in [0, 0.1) is 5.92 Å². The fourth-order valence-electron chi connectivity index (χ4n) is 1.65. The first-order chi connectivity index (χ1) is 7.61. The summed E-state index contributed by atoms with van der Waals surface area (Å²) in [6, 6.07) is 2.05. The molecule has 0 aliphatic carbocycles. The maximum Gasteiger partial charge on any atom is 0.0632 e. The van der Waals surface area contributed by atoms with Crippen molar-refractivity contribution in [2.24, 2.45) is 13.0 Å². The lowest BCUT2D eigenvalue weighted by atomic mass is 10.2. The Bertz CT molecular complexity index is 337. The van der Waals surface area contributed by atoms with Crippen LogP contribution in [0.15, 0.2) is 18.3 Å². The van der Waals surface area contributed by atoms with E-state index < -0.39 is 0 Å². The van der Waals surface area contributed by atoms with Gasteiger partial charge in [0.1, 0.15) is 0 Å². The van der Waals surface area contributed by atoms with Crippen LogP contribution in [-0.2, 0) is 7.05 Å². The molecule has 3 heteroatoms. The summed E-state index contributed by atoms with van der Waals surface area (Å²) in [5.74, 6) is 0.724. The molecule has 0 aromatic carbocycles. The monoisotopic (exact) mass is 221 g/mol. The van der Waals surface area contributed by atoms with Crippen molar-refractivity contribution in [2.75, 3.05) is 13.1 Å². The Morgan fingerprint density at radius 3 is 2.88 bits per heavy atom. The highest BCUT2D eigenvalue weighted by molar-refractivity contribution is 5.60. The molecule has 0 bridgehead atoms. The van der Waals surface area contributed by atoms with Gasteiger partial charge in [0.05, 0.1) is 5.69 Å². The maximum atomic E-state index is 4.17. The molecule has 0 amide bonds. The zero-order valence-electron chi connectivity index (χ0n) is 10.8. The Morgan fingerprint density at radius 1 is 1.56 bits per heavy atom. The molecule has 0 saturated heterocycles. The summed E-state index contributed by atoms with van der Waals surface area (Å²) in [6.07, 6.45) is 5.18. The van der Waals surface area contributed by atoms with Gasteiger partial charge in [0, 0.05) is 13.2 Å². The molecule has 0 unspecified atom stereocenters. The molecule has 90 valence electrons. The van der Waals surface area contributed by atoms with E-state index in [1.807, 2.05) is 24.0 Å². The summed E-state index contributed by atoms with van der Waals surface area (Å²) in [4.78, 5) is 0. The molecule has 0 saturated carbocycles. The molecule has 0 aliphatic rings. The molecular formula is C13H23N3. The quantitative estimate of drug-likeness (QED) is 0.748. The Balaban J connectivity index is 2.32. The van der Waals surface area contributed by atoms with E-state index in [1.54, 1.807) is 0 Å². The first-order valence-electron chi connectivity index (χ1n) is 5.97. The van der Waals surface area contributed by atoms with E-state index in [0.717, 1.165) is 25.4 Å². The normalized spacial score (nSPS) is 12.4. The maximum absolute atomic E-state index is 4.17. The fourth-order valence-corrected chi connectivity index (χ4v) is 1.65. The smallest absolute Gasteiger partial charge is 0.0632 e. The van der Waals surface area contributed by atoms with Crippen LogP contribution < -0.4 is 5.32 Å². The van der Waals surface area contributed by atoms with Crippen LogP contribution in [-0.4, -0.2) is 22.9 Å². The van der Waals surface area contributed by atoms with Gasteiger partial charge in [0.2, 0.25) is 0 Å². The first-order valence-corrected chi connectivity index (χ1v) is 5.97. The minimum Gasteiger partial charge on any atom is -0.316 e. The molecule has 1 N–H and O–H groups in total. The standard InChI is InChI=1S/C13H23N3/c1-11(2)10-14-8-5-6-12(3)13-7-9-15-16(13)4/h6-7,9,11,14H,5,8,10H2,1-4H3. The van der Waals surface area contributed by atoms with E-state index in [1.165, 1.54) is 11.3 Å². The lowest BCUT2D eigenvalue weighted by molar-refractivity contribution is 0.557. The molecule has 1 aromatic heterocycles. The molecule has 3 nitrogen and oxygen atoms in total. The van der Waals surface area contributed by atoms with E-state index in [9.17, 15) is 0 Å². The highest BCUT2D eigenvalue weighted by Gasteiger charge is 1.99. The van der Waals surface area contributed by atoms with Crippen LogP contribution in [0.5, 0.6) is 0 Å². The van der Waals surface area contributed by atoms with Crippen molar-refractivity contribution in [3.8, 4) is 0 Å². The molecule has 1 aromatic rings. The van der Waals surface area contributed by atoms with Crippen molar-refractivity contribution in [2.45, 2.75) is 27.2 Å². The average molecular weight is 221 g/mol. The number of aromatic nitrogens is 2. The Kier molecular flexibility index (Phi) is 5.26. The van der Waals surface area contributed by atoms with Gasteiger partial charge in [-0.05, 0) is 44.0 Å². The van der Waals surface area contributed by atoms with Gasteiger partial charge in [-0.2, -0.15) is 5.10 Å². The predicted octanol–water partition coefficient (Wildman–Crippen LogP) is 2.46. The summed E-state index contributed by atoms with van der Waals surface area (Å²) in [5.41, 5.74) is 2.50. The molecule has 16 heavy (non-hydrogen) atoms. The number of aryl methyl sites for hydroxylation is 1. The zero-order chi connectivity index (χ0) is 12.0. The second-order valence-corrected chi connectivity index (χ2v) is 4.61. The van der Waals surface area contributed by atoms with Crippen LogP contribution in [0.3, 0.4) is 0 Å². The molecule has 1 heterocycles. The highest BCUT2D eigenvalue weighted by Crippen LogP contribution is 2.12. The van der Waals surface area contributed by atoms with Crippen LogP contribution in [0.1, 0.15) is 32.9 Å². The van der Waals surface area contributed by atoms with Gasteiger partial charge in [-0.3, -0.25) is 4.68 Å². The van der Waals surface area contributed by atoms with Crippen molar-refractivity contribution in [1.82, 2.24) is 15.1 Å². The van der Waals surface area contributed by atoms with Gasteiger partial charge < -0.3 is 5.32 Å². The van der Waals surface area contributed by atoms with Crippen LogP contribution >= 0.6 is 0 Å². The second-order valence-electron chi connectivity index (χ2n) is 4.61. The summed E-state index contributed by atoms with van der Waals surface area (Å²) in [6.45, 7) is 8.74. The van der Waals surface area contributed by atoms with Gasteiger partial charge >= 0.3 is 0 Å². The number of hydrogen-bond acceptors (Lipinski definition) is 2. The SMILES string of the molecule is CC(=CCCNCC(C)C)c1ccnn1C. The number of nitrogens with one attached hydrogen (secondary N) is 1. The van der Waals surface area contributed by atoms with Crippen molar-refractivity contribution in [3.05, 3.63) is 24.0 Å². The van der Waals surface area contributed by atoms with Gasteiger partial charge in [-0.25, -0.2) is 0 Å². The predicted molar refractivity (Wildman–Crippen MR) is 69.2 cm³/mol. The lowest BCUT2D eigenvalue weighted by Crippen LogP contribution is -2.20. The Morgan fingerprint density at radius 2 is 2.31 bits per heavy atom. The highest BCUT2D eigenvalue weighted by atomic mass is 15.3. The summed E-state index contributed by atoms with van der Waals surface area (Å²) in [5, 5.41) is 7.60. The zero-order valence-corrected chi connectivity index (χ0v) is 10.8. The minimum atomic E-state index is 0.724. The van der Waals surface area contributed by atoms with Crippen LogP contribution in [0.25, 0.3) is 5.57 Å². The van der Waals surface area contributed by atoms with E-state index >= 15 is 0 Å². The average Bonchev–Trinajstić information content (AvgIpc) is 2.63. The van der Waals surface area contributed by atoms with Gasteiger partial charge in [-0.1, -0.05) is 19.9 Å². The number of rotatable bonds is 6. The van der Waals surface area contributed by atoms with Crippen LogP contribution in [0.4, 0.5) is 0 Å². The third kappa shape index (κ3) is 4.19. The molecular weight excluding hydrogens is 198 g/mol. The van der Waals surface area contributed by atoms with E-state index in [4.69, 9.17) is 0 Å². The van der Waals surface area contributed by atoms with Crippen LogP contribution in [0.2, 0.25) is 0 Å². The topological polar surface area (TPSA) is 29.9 Å². The third-order valence-electron chi connectivity index (χ3n) is 2.55. The van der Waals surface area contributed by atoms with Crippen molar-refractivity contribution >= 4 is 5.57 Å². The Hall–Kier alpha value is -1.09.